The summed E-state index contributed by atoms with van der Waals surface area (Å²) in [5.74, 6) is -1.19. The third-order valence-corrected chi connectivity index (χ3v) is 14.3. The maximum Gasteiger partial charge on any atom is 0.306 e. The summed E-state index contributed by atoms with van der Waals surface area (Å²) in [6.45, 7) is 5.77. The van der Waals surface area contributed by atoms with Crippen LogP contribution in [0.1, 0.15) is 278 Å². The number of aliphatic hydroxyl groups excluding tert-OH is 5. The Kier molecular flexibility index (Phi) is 46.9. The molecule has 8 unspecified atom stereocenters. The Bertz CT molecular complexity index is 1310. The number of aliphatic hydroxyl groups is 5. The summed E-state index contributed by atoms with van der Waals surface area (Å²) in [6.07, 6.45) is 47.5. The van der Waals surface area contributed by atoms with E-state index >= 15 is 0 Å². The highest BCUT2D eigenvalue weighted by Gasteiger charge is 2.47. The second kappa shape index (κ2) is 49.7. The van der Waals surface area contributed by atoms with Gasteiger partial charge in [0.25, 0.3) is 0 Å². The van der Waals surface area contributed by atoms with Crippen LogP contribution < -0.4 is 5.32 Å². The maximum atomic E-state index is 13.4. The van der Waals surface area contributed by atoms with Gasteiger partial charge in [-0.15, -0.1) is 0 Å². The molecule has 11 heteroatoms. The van der Waals surface area contributed by atoms with Crippen molar-refractivity contribution >= 4 is 11.9 Å². The first-order valence-electron chi connectivity index (χ1n) is 30.3. The molecule has 0 saturated carbocycles. The number of hydrogen-bond acceptors (Lipinski definition) is 10. The largest absolute Gasteiger partial charge is 0.454 e. The van der Waals surface area contributed by atoms with Crippen LogP contribution in [0.4, 0.5) is 0 Å². The molecule has 422 valence electrons. The normalized spacial score (nSPS) is 19.7. The van der Waals surface area contributed by atoms with Crippen LogP contribution in [0.3, 0.4) is 0 Å². The average molecular weight is 1020 g/mol. The first kappa shape index (κ1) is 67.9. The van der Waals surface area contributed by atoms with Gasteiger partial charge in [0.1, 0.15) is 24.4 Å². The fraction of sp³-hybridized carbons (Fsp3) is 0.869. The number of carbonyl (C=O) groups excluding carboxylic acids is 2. The van der Waals surface area contributed by atoms with Crippen LogP contribution in [-0.4, -0.2) is 99.6 Å². The highest BCUT2D eigenvalue weighted by molar-refractivity contribution is 5.80. The summed E-state index contributed by atoms with van der Waals surface area (Å²) in [5, 5.41) is 56.9. The van der Waals surface area contributed by atoms with Crippen molar-refractivity contribution in [1.29, 1.82) is 0 Å². The lowest BCUT2D eigenvalue weighted by atomic mass is 9.99. The van der Waals surface area contributed by atoms with Crippen molar-refractivity contribution in [2.45, 2.75) is 327 Å². The number of hydrogen-bond donors (Lipinski definition) is 6. The van der Waals surface area contributed by atoms with E-state index in [1.54, 1.807) is 6.08 Å². The minimum atomic E-state index is -1.61. The van der Waals surface area contributed by atoms with E-state index in [9.17, 15) is 35.1 Å². The quantitative estimate of drug-likeness (QED) is 0.0195. The maximum absolute atomic E-state index is 13.4. The van der Waals surface area contributed by atoms with Crippen molar-refractivity contribution in [3.8, 4) is 0 Å². The molecular formula is C61H113NO10. The van der Waals surface area contributed by atoms with E-state index in [1.807, 2.05) is 6.08 Å². The topological polar surface area (TPSA) is 175 Å². The number of esters is 1. The van der Waals surface area contributed by atoms with Crippen LogP contribution in [0.15, 0.2) is 36.5 Å². The molecule has 8 atom stereocenters. The minimum absolute atomic E-state index is 0.127. The highest BCUT2D eigenvalue weighted by Crippen LogP contribution is 2.26. The first-order chi connectivity index (χ1) is 35.2. The lowest BCUT2D eigenvalue weighted by Crippen LogP contribution is -2.61. The summed E-state index contributed by atoms with van der Waals surface area (Å²) in [5.41, 5.74) is 0. The molecule has 1 aliphatic rings. The van der Waals surface area contributed by atoms with E-state index in [4.69, 9.17) is 14.2 Å². The number of allylic oxidation sites excluding steroid dienone is 5. The molecule has 1 heterocycles. The van der Waals surface area contributed by atoms with Gasteiger partial charge in [0.15, 0.2) is 12.4 Å². The molecule has 1 rings (SSSR count). The molecule has 0 aromatic heterocycles. The third-order valence-electron chi connectivity index (χ3n) is 14.3. The lowest BCUT2D eigenvalue weighted by molar-refractivity contribution is -0.305. The SMILES string of the molecule is CCCCC/C=C\C/C=C\CCCCCCCCC(O)C(=O)NC(COC1OC(CO)C(O)C(O)C1OC(=O)CCCCCCCCCCCCCCCC)C(O)/C=C/CCCCCCCCCCCCC. The number of nitrogens with one attached hydrogen (secondary N) is 1. The van der Waals surface area contributed by atoms with Gasteiger partial charge in [-0.25, -0.2) is 0 Å². The van der Waals surface area contributed by atoms with Crippen LogP contribution in [-0.2, 0) is 23.8 Å². The summed E-state index contributed by atoms with van der Waals surface area (Å²) in [4.78, 5) is 26.5. The molecule has 1 saturated heterocycles. The summed E-state index contributed by atoms with van der Waals surface area (Å²) in [6, 6.07) is -1.02. The third kappa shape index (κ3) is 37.6. The van der Waals surface area contributed by atoms with Crippen LogP contribution in [0, 0.1) is 0 Å². The monoisotopic (exact) mass is 1020 g/mol. The van der Waals surface area contributed by atoms with E-state index in [0.29, 0.717) is 12.8 Å². The number of unbranched alkanes of at least 4 members (excludes halogenated alkanes) is 33. The Morgan fingerprint density at radius 1 is 0.542 bits per heavy atom. The zero-order chi connectivity index (χ0) is 52.5. The molecule has 6 N–H and O–H groups in total. The highest BCUT2D eigenvalue weighted by atomic mass is 16.7. The van der Waals surface area contributed by atoms with Crippen molar-refractivity contribution in [3.63, 3.8) is 0 Å². The summed E-state index contributed by atoms with van der Waals surface area (Å²) >= 11 is 0. The Labute approximate surface area is 441 Å². The van der Waals surface area contributed by atoms with E-state index < -0.39 is 67.4 Å². The Morgan fingerprint density at radius 3 is 1.44 bits per heavy atom. The second-order valence-corrected chi connectivity index (χ2v) is 21.1. The summed E-state index contributed by atoms with van der Waals surface area (Å²) < 4.78 is 17.6. The standard InChI is InChI=1S/C61H113NO10/c1-4-7-10-13-16-19-22-25-27-28-30-33-36-39-42-45-48-54(65)60(69)62-52(53(64)47-44-41-38-35-32-29-24-21-18-15-12-9-6-3)51-70-61-59(58(68)57(67)55(50-63)71-61)72-56(66)49-46-43-40-37-34-31-26-23-20-17-14-11-8-5-2/h16,19,25,27,44,47,52-55,57-59,61,63-65,67-68H,4-15,17-18,20-24,26,28-43,45-46,48-51H2,1-3H3,(H,62,69)/b19-16-,27-25-,47-44+. The van der Waals surface area contributed by atoms with Gasteiger partial charge in [0.2, 0.25) is 5.91 Å². The number of amides is 1. The van der Waals surface area contributed by atoms with Gasteiger partial charge in [0.05, 0.1) is 25.4 Å². The predicted octanol–water partition coefficient (Wildman–Crippen LogP) is 13.9. The van der Waals surface area contributed by atoms with Crippen molar-refractivity contribution in [3.05, 3.63) is 36.5 Å². The fourth-order valence-corrected chi connectivity index (χ4v) is 9.45. The molecule has 0 radical (unpaired) electrons. The Hall–Kier alpha value is -2.12. The lowest BCUT2D eigenvalue weighted by Gasteiger charge is -2.41. The first-order valence-corrected chi connectivity index (χ1v) is 30.3. The molecule has 0 aliphatic carbocycles. The van der Waals surface area contributed by atoms with E-state index in [1.165, 1.54) is 148 Å². The van der Waals surface area contributed by atoms with Crippen LogP contribution >= 0.6 is 0 Å². The zero-order valence-electron chi connectivity index (χ0n) is 46.6. The van der Waals surface area contributed by atoms with Gasteiger partial charge in [-0.3, -0.25) is 9.59 Å². The zero-order valence-corrected chi connectivity index (χ0v) is 46.6. The predicted molar refractivity (Wildman–Crippen MR) is 297 cm³/mol. The Balaban J connectivity index is 2.72. The van der Waals surface area contributed by atoms with E-state index in [-0.39, 0.29) is 19.4 Å². The Morgan fingerprint density at radius 2 is 0.958 bits per heavy atom. The van der Waals surface area contributed by atoms with Crippen molar-refractivity contribution in [2.24, 2.45) is 0 Å². The minimum Gasteiger partial charge on any atom is -0.454 e. The number of carbonyl (C=O) groups is 2. The van der Waals surface area contributed by atoms with Gasteiger partial charge in [-0.2, -0.15) is 0 Å². The van der Waals surface area contributed by atoms with E-state index in [2.05, 4.69) is 50.4 Å². The molecule has 11 nitrogen and oxygen atoms in total. The number of ether oxygens (including phenoxy) is 3. The van der Waals surface area contributed by atoms with Gasteiger partial charge < -0.3 is 45.1 Å². The summed E-state index contributed by atoms with van der Waals surface area (Å²) in [7, 11) is 0. The molecule has 0 aromatic rings. The number of rotatable bonds is 51. The molecule has 0 aromatic carbocycles. The fourth-order valence-electron chi connectivity index (χ4n) is 9.45. The van der Waals surface area contributed by atoms with Gasteiger partial charge in [-0.1, -0.05) is 250 Å². The molecule has 0 spiro atoms. The second-order valence-electron chi connectivity index (χ2n) is 21.1. The molecule has 1 aliphatic heterocycles. The smallest absolute Gasteiger partial charge is 0.306 e. The molecular weight excluding hydrogens is 907 g/mol. The van der Waals surface area contributed by atoms with Crippen LogP contribution in [0.25, 0.3) is 0 Å². The van der Waals surface area contributed by atoms with Crippen molar-refractivity contribution in [2.75, 3.05) is 13.2 Å². The van der Waals surface area contributed by atoms with Gasteiger partial charge >= 0.3 is 5.97 Å². The molecule has 1 fully saturated rings. The molecule has 1 amide bonds. The molecule has 72 heavy (non-hydrogen) atoms. The van der Waals surface area contributed by atoms with Crippen molar-refractivity contribution in [1.82, 2.24) is 5.32 Å². The molecule has 0 bridgehead atoms. The van der Waals surface area contributed by atoms with Crippen molar-refractivity contribution < 1.29 is 49.3 Å². The van der Waals surface area contributed by atoms with Gasteiger partial charge in [0, 0.05) is 6.42 Å². The van der Waals surface area contributed by atoms with Crippen LogP contribution in [0.5, 0.6) is 0 Å². The van der Waals surface area contributed by atoms with E-state index in [0.717, 1.165) is 83.5 Å². The van der Waals surface area contributed by atoms with Crippen LogP contribution in [0.2, 0.25) is 0 Å². The average Bonchev–Trinajstić information content (AvgIpc) is 3.38. The van der Waals surface area contributed by atoms with Gasteiger partial charge in [-0.05, 0) is 57.8 Å².